The first-order chi connectivity index (χ1) is 9.13. The van der Waals surface area contributed by atoms with Crippen molar-refractivity contribution in [1.29, 1.82) is 0 Å². The standard InChI is InChI=1S/C11H17N5O3/c1-16-10(8(6-13-16)9(12)15-18)14-11(17)7-2-4-19-5-3-7/h6-7,18H,2-5H2,1H3,(H2,12,15)(H,14,17). The van der Waals surface area contributed by atoms with Crippen molar-refractivity contribution in [2.45, 2.75) is 12.8 Å². The van der Waals surface area contributed by atoms with E-state index in [0.29, 0.717) is 37.4 Å². The summed E-state index contributed by atoms with van der Waals surface area (Å²) in [5, 5.41) is 18.4. The van der Waals surface area contributed by atoms with Crippen LogP contribution in [0.15, 0.2) is 11.4 Å². The molecule has 0 spiro atoms. The van der Waals surface area contributed by atoms with Gasteiger partial charge in [-0.25, -0.2) is 0 Å². The van der Waals surface area contributed by atoms with Crippen LogP contribution in [-0.2, 0) is 16.6 Å². The Bertz CT molecular complexity index is 491. The molecule has 1 aliphatic heterocycles. The molecule has 0 aromatic carbocycles. The summed E-state index contributed by atoms with van der Waals surface area (Å²) in [4.78, 5) is 12.1. The fourth-order valence-corrected chi connectivity index (χ4v) is 2.01. The monoisotopic (exact) mass is 267 g/mol. The Balaban J connectivity index is 2.14. The van der Waals surface area contributed by atoms with E-state index < -0.39 is 0 Å². The number of nitrogens with one attached hydrogen (secondary N) is 1. The molecule has 1 amide bonds. The number of rotatable bonds is 3. The third-order valence-corrected chi connectivity index (χ3v) is 3.16. The fourth-order valence-electron chi connectivity index (χ4n) is 2.01. The van der Waals surface area contributed by atoms with E-state index in [1.54, 1.807) is 7.05 Å². The maximum atomic E-state index is 12.1. The van der Waals surface area contributed by atoms with E-state index in [1.807, 2.05) is 0 Å². The highest BCUT2D eigenvalue weighted by molar-refractivity contribution is 6.04. The van der Waals surface area contributed by atoms with Gasteiger partial charge in [-0.1, -0.05) is 5.16 Å². The van der Waals surface area contributed by atoms with Crippen LogP contribution in [0, 0.1) is 5.92 Å². The van der Waals surface area contributed by atoms with Gasteiger partial charge >= 0.3 is 0 Å². The number of aromatic nitrogens is 2. The van der Waals surface area contributed by atoms with Gasteiger partial charge in [0.05, 0.1) is 11.8 Å². The number of oxime groups is 1. The number of amidine groups is 1. The van der Waals surface area contributed by atoms with Gasteiger partial charge in [0.25, 0.3) is 0 Å². The number of ether oxygens (including phenoxy) is 1. The van der Waals surface area contributed by atoms with Gasteiger partial charge in [-0.2, -0.15) is 5.10 Å². The second-order valence-corrected chi connectivity index (χ2v) is 4.39. The Morgan fingerprint density at radius 2 is 2.32 bits per heavy atom. The first-order valence-electron chi connectivity index (χ1n) is 6.02. The van der Waals surface area contributed by atoms with Gasteiger partial charge in [-0.3, -0.25) is 9.48 Å². The molecule has 1 aromatic rings. The van der Waals surface area contributed by atoms with Crippen LogP contribution in [0.5, 0.6) is 0 Å². The molecule has 0 bridgehead atoms. The number of hydrogen-bond acceptors (Lipinski definition) is 5. The molecule has 1 aliphatic rings. The summed E-state index contributed by atoms with van der Waals surface area (Å²) in [6, 6.07) is 0. The highest BCUT2D eigenvalue weighted by Gasteiger charge is 2.24. The number of hydrogen-bond donors (Lipinski definition) is 3. The maximum Gasteiger partial charge on any atom is 0.228 e. The first kappa shape index (κ1) is 13.3. The molecular formula is C11H17N5O3. The molecule has 104 valence electrons. The number of nitrogens with zero attached hydrogens (tertiary/aromatic N) is 3. The van der Waals surface area contributed by atoms with Crippen LogP contribution in [0.3, 0.4) is 0 Å². The zero-order valence-electron chi connectivity index (χ0n) is 10.7. The lowest BCUT2D eigenvalue weighted by Gasteiger charge is -2.21. The number of anilines is 1. The van der Waals surface area contributed by atoms with Crippen LogP contribution >= 0.6 is 0 Å². The predicted molar refractivity (Wildman–Crippen MR) is 67.9 cm³/mol. The zero-order chi connectivity index (χ0) is 13.8. The smallest absolute Gasteiger partial charge is 0.228 e. The van der Waals surface area contributed by atoms with Crippen LogP contribution in [0.25, 0.3) is 0 Å². The van der Waals surface area contributed by atoms with Crippen LogP contribution < -0.4 is 11.1 Å². The van der Waals surface area contributed by atoms with Crippen LogP contribution in [0.4, 0.5) is 5.82 Å². The minimum absolute atomic E-state index is 0.0798. The molecule has 2 rings (SSSR count). The molecule has 0 aliphatic carbocycles. The molecule has 1 fully saturated rings. The van der Waals surface area contributed by atoms with Crippen LogP contribution in [0.2, 0.25) is 0 Å². The topological polar surface area (TPSA) is 115 Å². The molecule has 0 saturated carbocycles. The van der Waals surface area contributed by atoms with Gasteiger partial charge in [-0.15, -0.1) is 0 Å². The highest BCUT2D eigenvalue weighted by atomic mass is 16.5. The summed E-state index contributed by atoms with van der Waals surface area (Å²) in [5.74, 6) is 0.157. The van der Waals surface area contributed by atoms with Gasteiger partial charge in [0.15, 0.2) is 5.84 Å². The van der Waals surface area contributed by atoms with Crippen molar-refractivity contribution in [2.75, 3.05) is 18.5 Å². The molecule has 19 heavy (non-hydrogen) atoms. The van der Waals surface area contributed by atoms with Crippen molar-refractivity contribution in [3.8, 4) is 0 Å². The summed E-state index contributed by atoms with van der Waals surface area (Å²) in [6.07, 6.45) is 2.83. The molecule has 1 saturated heterocycles. The summed E-state index contributed by atoms with van der Waals surface area (Å²) in [6.45, 7) is 1.19. The molecular weight excluding hydrogens is 250 g/mol. The first-order valence-corrected chi connectivity index (χ1v) is 6.02. The highest BCUT2D eigenvalue weighted by Crippen LogP contribution is 2.19. The average molecular weight is 267 g/mol. The second kappa shape index (κ2) is 5.70. The van der Waals surface area contributed by atoms with E-state index in [0.717, 1.165) is 0 Å². The average Bonchev–Trinajstić information content (AvgIpc) is 2.80. The predicted octanol–water partition coefficient (Wildman–Crippen LogP) is -0.120. The van der Waals surface area contributed by atoms with Gasteiger partial charge in [0, 0.05) is 26.2 Å². The maximum absolute atomic E-state index is 12.1. The van der Waals surface area contributed by atoms with Gasteiger partial charge in [0.1, 0.15) is 5.82 Å². The second-order valence-electron chi connectivity index (χ2n) is 4.39. The quantitative estimate of drug-likeness (QED) is 0.306. The number of aryl methyl sites for hydroxylation is 1. The largest absolute Gasteiger partial charge is 0.409 e. The van der Waals surface area contributed by atoms with Crippen molar-refractivity contribution in [1.82, 2.24) is 9.78 Å². The Morgan fingerprint density at radius 3 is 2.95 bits per heavy atom. The number of amides is 1. The zero-order valence-corrected chi connectivity index (χ0v) is 10.7. The number of carbonyl (C=O) groups is 1. The van der Waals surface area contributed by atoms with Crippen LogP contribution in [-0.4, -0.2) is 39.9 Å². The minimum atomic E-state index is -0.0983. The van der Waals surface area contributed by atoms with Crippen molar-refractivity contribution in [3.05, 3.63) is 11.8 Å². The van der Waals surface area contributed by atoms with Crippen LogP contribution in [0.1, 0.15) is 18.4 Å². The van der Waals surface area contributed by atoms with Gasteiger partial charge in [0.2, 0.25) is 5.91 Å². The lowest BCUT2D eigenvalue weighted by molar-refractivity contribution is -0.122. The lowest BCUT2D eigenvalue weighted by atomic mass is 9.99. The Morgan fingerprint density at radius 1 is 1.63 bits per heavy atom. The summed E-state index contributed by atoms with van der Waals surface area (Å²) < 4.78 is 6.70. The molecule has 2 heterocycles. The summed E-state index contributed by atoms with van der Waals surface area (Å²) in [5.41, 5.74) is 5.93. The third kappa shape index (κ3) is 2.84. The van der Waals surface area contributed by atoms with E-state index in [1.165, 1.54) is 10.9 Å². The molecule has 0 unspecified atom stereocenters. The number of nitrogens with two attached hydrogens (primary N) is 1. The summed E-state index contributed by atoms with van der Waals surface area (Å²) in [7, 11) is 1.67. The minimum Gasteiger partial charge on any atom is -0.409 e. The third-order valence-electron chi connectivity index (χ3n) is 3.16. The van der Waals surface area contributed by atoms with E-state index in [2.05, 4.69) is 15.6 Å². The normalized spacial score (nSPS) is 17.4. The van der Waals surface area contributed by atoms with Crippen molar-refractivity contribution in [2.24, 2.45) is 23.9 Å². The van der Waals surface area contributed by atoms with Crippen molar-refractivity contribution < 1.29 is 14.7 Å². The fraction of sp³-hybridized carbons (Fsp3) is 0.545. The molecule has 0 radical (unpaired) electrons. The molecule has 8 heteroatoms. The SMILES string of the molecule is Cn1ncc(C(N)=NO)c1NC(=O)C1CCOCC1. The molecule has 8 nitrogen and oxygen atoms in total. The van der Waals surface area contributed by atoms with Gasteiger partial charge < -0.3 is 21.0 Å². The Labute approximate surface area is 110 Å². The number of carbonyl (C=O) groups excluding carboxylic acids is 1. The summed E-state index contributed by atoms with van der Waals surface area (Å²) >= 11 is 0. The molecule has 4 N–H and O–H groups in total. The van der Waals surface area contributed by atoms with E-state index in [4.69, 9.17) is 15.7 Å². The van der Waals surface area contributed by atoms with E-state index >= 15 is 0 Å². The Kier molecular flexibility index (Phi) is 4.00. The van der Waals surface area contributed by atoms with Crippen molar-refractivity contribution in [3.63, 3.8) is 0 Å². The van der Waals surface area contributed by atoms with Crippen molar-refractivity contribution >= 4 is 17.6 Å². The molecule has 0 atom stereocenters. The van der Waals surface area contributed by atoms with E-state index in [-0.39, 0.29) is 17.7 Å². The molecule has 1 aromatic heterocycles. The lowest BCUT2D eigenvalue weighted by Crippen LogP contribution is -2.30. The van der Waals surface area contributed by atoms with E-state index in [9.17, 15) is 4.79 Å². The Hall–Kier alpha value is -2.09. The van der Waals surface area contributed by atoms with Gasteiger partial charge in [-0.05, 0) is 12.8 Å².